The molecule has 0 aliphatic carbocycles. The Balaban J connectivity index is 1.50. The minimum absolute atomic E-state index is 0.450. The average molecular weight is 420 g/mol. The van der Waals surface area contributed by atoms with Crippen LogP contribution in [-0.2, 0) is 0 Å². The predicted octanol–water partition coefficient (Wildman–Crippen LogP) is 5.68. The van der Waals surface area contributed by atoms with E-state index in [-0.39, 0.29) is 0 Å². The molecule has 2 unspecified atom stereocenters. The van der Waals surface area contributed by atoms with E-state index in [1.807, 2.05) is 15.9 Å². The summed E-state index contributed by atoms with van der Waals surface area (Å²) in [6, 6.07) is 3.70. The van der Waals surface area contributed by atoms with E-state index in [0.29, 0.717) is 11.8 Å². The number of fused-ring (bicyclic) bond motifs is 4. The maximum absolute atomic E-state index is 4.38. The van der Waals surface area contributed by atoms with Crippen molar-refractivity contribution in [3.8, 4) is 11.3 Å². The van der Waals surface area contributed by atoms with E-state index in [1.165, 1.54) is 58.3 Å². The SMILES string of the molecule is Cc1c(C2CC3CCC(C2)N3)sc2[nH]c(-c3cc(C)c4ncnn4c3)c(C(C)C)c12. The summed E-state index contributed by atoms with van der Waals surface area (Å²) in [7, 11) is 0. The average Bonchev–Trinajstić information content (AvgIpc) is 3.46. The van der Waals surface area contributed by atoms with Crippen molar-refractivity contribution in [2.75, 3.05) is 0 Å². The summed E-state index contributed by atoms with van der Waals surface area (Å²) in [6.07, 6.45) is 9.05. The van der Waals surface area contributed by atoms with Crippen LogP contribution in [0.1, 0.15) is 72.9 Å². The zero-order chi connectivity index (χ0) is 20.6. The lowest BCUT2D eigenvalue weighted by Crippen LogP contribution is -2.37. The summed E-state index contributed by atoms with van der Waals surface area (Å²) in [4.78, 5) is 11.2. The highest BCUT2D eigenvalue weighted by molar-refractivity contribution is 7.19. The number of rotatable bonds is 3. The summed E-state index contributed by atoms with van der Waals surface area (Å²) in [5.74, 6) is 1.16. The molecule has 6 rings (SSSR count). The van der Waals surface area contributed by atoms with Crippen LogP contribution in [0.5, 0.6) is 0 Å². The number of aromatic nitrogens is 4. The summed E-state index contributed by atoms with van der Waals surface area (Å²) in [5, 5.41) is 9.64. The molecular weight excluding hydrogens is 390 g/mol. The van der Waals surface area contributed by atoms with Crippen LogP contribution in [0.25, 0.3) is 27.1 Å². The topological polar surface area (TPSA) is 58.0 Å². The number of pyridine rings is 1. The molecule has 2 N–H and O–H groups in total. The number of aromatic amines is 1. The van der Waals surface area contributed by atoms with Gasteiger partial charge < -0.3 is 10.3 Å². The van der Waals surface area contributed by atoms with Crippen LogP contribution in [0.2, 0.25) is 0 Å². The Kier molecular flexibility index (Phi) is 4.12. The fourth-order valence-corrected chi connectivity index (χ4v) is 7.30. The Labute approximate surface area is 180 Å². The highest BCUT2D eigenvalue weighted by atomic mass is 32.1. The molecular formula is C24H29N5S. The van der Waals surface area contributed by atoms with E-state index >= 15 is 0 Å². The van der Waals surface area contributed by atoms with Gasteiger partial charge in [0.2, 0.25) is 0 Å². The molecule has 0 spiro atoms. The van der Waals surface area contributed by atoms with Crippen molar-refractivity contribution < 1.29 is 0 Å². The van der Waals surface area contributed by atoms with Crippen molar-refractivity contribution in [1.29, 1.82) is 0 Å². The van der Waals surface area contributed by atoms with E-state index in [0.717, 1.165) is 23.3 Å². The Hall–Kier alpha value is -2.18. The molecule has 4 aromatic heterocycles. The van der Waals surface area contributed by atoms with Gasteiger partial charge in [-0.15, -0.1) is 11.3 Å². The van der Waals surface area contributed by atoms with Crippen molar-refractivity contribution in [1.82, 2.24) is 24.9 Å². The first-order valence-electron chi connectivity index (χ1n) is 11.2. The molecule has 2 saturated heterocycles. The standard InChI is InChI=1S/C24H29N5S/c1-12(2)19-20-14(4)22(15-8-17-5-6-18(9-15)27-17)30-24(20)28-21(19)16-7-13(3)23-25-11-26-29(23)10-16/h7,10-12,15,17-18,27-28H,5-6,8-9H2,1-4H3. The first-order valence-corrected chi connectivity index (χ1v) is 12.0. The molecule has 6 heterocycles. The Bertz CT molecular complexity index is 1250. The van der Waals surface area contributed by atoms with Gasteiger partial charge in [-0.3, -0.25) is 0 Å². The third-order valence-corrected chi connectivity index (χ3v) is 8.60. The van der Waals surface area contributed by atoms with Crippen LogP contribution < -0.4 is 5.32 Å². The van der Waals surface area contributed by atoms with Gasteiger partial charge in [0.25, 0.3) is 0 Å². The maximum Gasteiger partial charge on any atom is 0.158 e. The number of nitrogens with zero attached hydrogens (tertiary/aromatic N) is 3. The Morgan fingerprint density at radius 3 is 2.67 bits per heavy atom. The van der Waals surface area contributed by atoms with Crippen molar-refractivity contribution in [2.45, 2.75) is 77.3 Å². The number of nitrogens with one attached hydrogen (secondary N) is 2. The van der Waals surface area contributed by atoms with Gasteiger partial charge in [0, 0.05) is 34.1 Å². The minimum Gasteiger partial charge on any atom is -0.346 e. The van der Waals surface area contributed by atoms with E-state index in [9.17, 15) is 0 Å². The lowest BCUT2D eigenvalue weighted by molar-refractivity contribution is 0.366. The van der Waals surface area contributed by atoms with Gasteiger partial charge in [0.15, 0.2) is 5.65 Å². The van der Waals surface area contributed by atoms with Crippen LogP contribution in [0.15, 0.2) is 18.6 Å². The molecule has 5 nitrogen and oxygen atoms in total. The lowest BCUT2D eigenvalue weighted by atomic mass is 9.88. The first kappa shape index (κ1) is 18.6. The number of hydrogen-bond donors (Lipinski definition) is 2. The summed E-state index contributed by atoms with van der Waals surface area (Å²) in [5.41, 5.74) is 7.47. The fraction of sp³-hybridized carbons (Fsp3) is 0.500. The largest absolute Gasteiger partial charge is 0.346 e. The zero-order valence-corrected chi connectivity index (χ0v) is 18.9. The Morgan fingerprint density at radius 2 is 1.93 bits per heavy atom. The predicted molar refractivity (Wildman–Crippen MR) is 124 cm³/mol. The monoisotopic (exact) mass is 419 g/mol. The molecule has 6 heteroatoms. The van der Waals surface area contributed by atoms with Crippen molar-refractivity contribution in [2.24, 2.45) is 0 Å². The van der Waals surface area contributed by atoms with E-state index in [1.54, 1.807) is 11.2 Å². The fourth-order valence-electron chi connectivity index (χ4n) is 5.95. The summed E-state index contributed by atoms with van der Waals surface area (Å²) in [6.45, 7) is 9.10. The van der Waals surface area contributed by atoms with Crippen molar-refractivity contribution >= 4 is 27.2 Å². The first-order chi connectivity index (χ1) is 14.5. The maximum atomic E-state index is 4.38. The van der Waals surface area contributed by atoms with Gasteiger partial charge in [-0.25, -0.2) is 9.50 Å². The lowest BCUT2D eigenvalue weighted by Gasteiger charge is -2.29. The second-order valence-electron chi connectivity index (χ2n) is 9.61. The molecule has 2 fully saturated rings. The van der Waals surface area contributed by atoms with Gasteiger partial charge >= 0.3 is 0 Å². The molecule has 2 bridgehead atoms. The van der Waals surface area contributed by atoms with Gasteiger partial charge in [0.1, 0.15) is 11.2 Å². The summed E-state index contributed by atoms with van der Waals surface area (Å²) >= 11 is 2.00. The molecule has 2 aliphatic rings. The van der Waals surface area contributed by atoms with Crippen LogP contribution in [0, 0.1) is 13.8 Å². The molecule has 4 aromatic rings. The second kappa shape index (κ2) is 6.66. The normalized spacial score (nSPS) is 24.0. The number of hydrogen-bond acceptors (Lipinski definition) is 4. The third-order valence-electron chi connectivity index (χ3n) is 7.23. The highest BCUT2D eigenvalue weighted by Crippen LogP contribution is 2.47. The quantitative estimate of drug-likeness (QED) is 0.449. The Morgan fingerprint density at radius 1 is 1.17 bits per heavy atom. The molecule has 0 saturated carbocycles. The number of aryl methyl sites for hydroxylation is 2. The van der Waals surface area contributed by atoms with E-state index < -0.39 is 0 Å². The van der Waals surface area contributed by atoms with E-state index in [4.69, 9.17) is 0 Å². The third kappa shape index (κ3) is 2.70. The van der Waals surface area contributed by atoms with E-state index in [2.05, 4.69) is 60.3 Å². The second-order valence-corrected chi connectivity index (χ2v) is 10.7. The van der Waals surface area contributed by atoms with Crippen molar-refractivity contribution in [3.63, 3.8) is 0 Å². The van der Waals surface area contributed by atoms with Crippen LogP contribution in [0.4, 0.5) is 0 Å². The van der Waals surface area contributed by atoms with Gasteiger partial charge in [0.05, 0.1) is 5.69 Å². The van der Waals surface area contributed by atoms with Crippen molar-refractivity contribution in [3.05, 3.63) is 40.2 Å². The molecule has 0 aromatic carbocycles. The number of H-pyrrole nitrogens is 1. The molecule has 0 amide bonds. The molecule has 30 heavy (non-hydrogen) atoms. The van der Waals surface area contributed by atoms with Gasteiger partial charge in [-0.1, -0.05) is 13.8 Å². The van der Waals surface area contributed by atoms with Gasteiger partial charge in [-0.05, 0) is 74.1 Å². The smallest absolute Gasteiger partial charge is 0.158 e. The molecule has 2 aliphatic heterocycles. The molecule has 2 atom stereocenters. The number of thiophene rings is 1. The van der Waals surface area contributed by atoms with Gasteiger partial charge in [-0.2, -0.15) is 5.10 Å². The number of piperidine rings is 1. The van der Waals surface area contributed by atoms with Crippen LogP contribution in [0.3, 0.4) is 0 Å². The van der Waals surface area contributed by atoms with Crippen LogP contribution in [-0.4, -0.2) is 31.7 Å². The molecule has 156 valence electrons. The summed E-state index contributed by atoms with van der Waals surface area (Å²) < 4.78 is 1.90. The van der Waals surface area contributed by atoms with Crippen LogP contribution >= 0.6 is 11.3 Å². The zero-order valence-electron chi connectivity index (χ0n) is 18.1. The molecule has 0 radical (unpaired) electrons. The minimum atomic E-state index is 0.450. The highest BCUT2D eigenvalue weighted by Gasteiger charge is 2.36.